The van der Waals surface area contributed by atoms with Crippen molar-refractivity contribution < 1.29 is 18.6 Å². The van der Waals surface area contributed by atoms with Crippen LogP contribution in [0.3, 0.4) is 0 Å². The van der Waals surface area contributed by atoms with E-state index in [2.05, 4.69) is 34.6 Å². The van der Waals surface area contributed by atoms with Crippen LogP contribution in [0.25, 0.3) is 0 Å². The molecule has 5 aliphatic carbocycles. The molecule has 6 rings (SSSR count). The van der Waals surface area contributed by atoms with E-state index in [1.54, 1.807) is 12.1 Å². The Labute approximate surface area is 269 Å². The lowest BCUT2D eigenvalue weighted by Gasteiger charge is -2.62. The highest BCUT2D eigenvalue weighted by Gasteiger charge is 2.62. The molecule has 1 unspecified atom stereocenters. The Morgan fingerprint density at radius 3 is 2.09 bits per heavy atom. The predicted octanol–water partition coefficient (Wildman–Crippen LogP) is 8.84. The number of hydrogen-bond acceptors (Lipinski definition) is 4. The molecule has 0 spiro atoms. The van der Waals surface area contributed by atoms with Crippen molar-refractivity contribution in [3.63, 3.8) is 0 Å². The van der Waals surface area contributed by atoms with Crippen molar-refractivity contribution in [2.24, 2.45) is 58.2 Å². The highest BCUT2D eigenvalue weighted by Crippen LogP contribution is 2.69. The molecule has 0 radical (unpaired) electrons. The van der Waals surface area contributed by atoms with Crippen LogP contribution in [0.15, 0.2) is 35.2 Å². The molecular formula is C39H62O4S. The van der Waals surface area contributed by atoms with Crippen LogP contribution in [0.2, 0.25) is 0 Å². The van der Waals surface area contributed by atoms with Crippen molar-refractivity contribution in [2.45, 2.75) is 153 Å². The van der Waals surface area contributed by atoms with E-state index in [1.807, 2.05) is 25.1 Å². The molecule has 0 aromatic heterocycles. The zero-order chi connectivity index (χ0) is 31.7. The van der Waals surface area contributed by atoms with Crippen LogP contribution in [-0.4, -0.2) is 35.1 Å². The Morgan fingerprint density at radius 2 is 1.43 bits per heavy atom. The van der Waals surface area contributed by atoms with Gasteiger partial charge in [-0.3, -0.25) is 0 Å². The highest BCUT2D eigenvalue weighted by molar-refractivity contribution is 7.92. The van der Waals surface area contributed by atoms with Gasteiger partial charge >= 0.3 is 0 Å². The van der Waals surface area contributed by atoms with Crippen LogP contribution >= 0.6 is 0 Å². The zero-order valence-corrected chi connectivity index (χ0v) is 29.4. The van der Waals surface area contributed by atoms with Gasteiger partial charge in [0.25, 0.3) is 0 Å². The Morgan fingerprint density at radius 1 is 0.773 bits per heavy atom. The minimum atomic E-state index is -3.61. The molecular weight excluding hydrogens is 564 g/mol. The van der Waals surface area contributed by atoms with Crippen molar-refractivity contribution in [1.29, 1.82) is 0 Å². The fourth-order valence-corrected chi connectivity index (χ4v) is 14.6. The van der Waals surface area contributed by atoms with Crippen molar-refractivity contribution in [1.82, 2.24) is 0 Å². The zero-order valence-electron chi connectivity index (χ0n) is 28.6. The summed E-state index contributed by atoms with van der Waals surface area (Å²) in [6.45, 7) is 13.9. The topological polar surface area (TPSA) is 74.6 Å². The van der Waals surface area contributed by atoms with E-state index in [-0.39, 0.29) is 11.3 Å². The maximum Gasteiger partial charge on any atom is 0.181 e. The maximum absolute atomic E-state index is 14.5. The predicted molar refractivity (Wildman–Crippen MR) is 179 cm³/mol. The van der Waals surface area contributed by atoms with E-state index in [1.165, 1.54) is 32.1 Å². The fourth-order valence-electron chi connectivity index (χ4n) is 12.4. The lowest BCUT2D eigenvalue weighted by molar-refractivity contribution is -0.148. The van der Waals surface area contributed by atoms with Gasteiger partial charge < -0.3 is 10.2 Å². The summed E-state index contributed by atoms with van der Waals surface area (Å²) in [6.07, 6.45) is 14.0. The molecule has 1 aromatic rings. The SMILES string of the molecule is CC(C)C1CCC(O)(CC([C@@H](C)[C@H]2CC[C@H]3[C@@H]4CC[C@H]5C[C@@](C)(O)CC[C@]5(C)[C@H]4CC[C@]23C)S(=O)(=O)c2ccccc2)CC1. The molecule has 5 aliphatic rings. The minimum absolute atomic E-state index is 0.00435. The quantitative estimate of drug-likeness (QED) is 0.317. The first-order valence-electron chi connectivity index (χ1n) is 18.3. The maximum atomic E-state index is 14.5. The molecule has 4 nitrogen and oxygen atoms in total. The Balaban J connectivity index is 1.27. The van der Waals surface area contributed by atoms with Crippen LogP contribution in [-0.2, 0) is 9.84 Å². The van der Waals surface area contributed by atoms with E-state index in [9.17, 15) is 18.6 Å². The Bertz CT molecular complexity index is 1260. The second-order valence-electron chi connectivity index (χ2n) is 17.9. The van der Waals surface area contributed by atoms with E-state index < -0.39 is 26.3 Å². The molecule has 0 saturated heterocycles. The van der Waals surface area contributed by atoms with Crippen molar-refractivity contribution in [3.05, 3.63) is 30.3 Å². The summed E-state index contributed by atoms with van der Waals surface area (Å²) < 4.78 is 29.1. The van der Waals surface area contributed by atoms with Crippen LogP contribution in [0.4, 0.5) is 0 Å². The number of hydrogen-bond donors (Lipinski definition) is 2. The number of fused-ring (bicyclic) bond motifs is 5. The molecule has 248 valence electrons. The molecule has 44 heavy (non-hydrogen) atoms. The second-order valence-corrected chi connectivity index (χ2v) is 20.0. The molecule has 1 aromatic carbocycles. The minimum Gasteiger partial charge on any atom is -0.390 e. The summed E-state index contributed by atoms with van der Waals surface area (Å²) >= 11 is 0. The smallest absolute Gasteiger partial charge is 0.181 e. The number of benzene rings is 1. The standard InChI is InChI=1S/C39H62O4S/c1-26(2)28-16-20-39(41,21-17-28)25-35(44(42,43)30-10-8-7-9-11-30)27(3)32-14-15-33-31-13-12-29-24-36(4,40)22-23-37(29,5)34(31)18-19-38(32,33)6/h7-11,26-29,31-35,40-41H,12-25H2,1-6H3/t27-,28?,29-,31-,32+,33-,34-,35?,36-,37-,38+,39?/m0/s1. The Hall–Kier alpha value is -0.910. The summed E-state index contributed by atoms with van der Waals surface area (Å²) in [5, 5.41) is 22.3. The summed E-state index contributed by atoms with van der Waals surface area (Å²) in [4.78, 5) is 0.416. The van der Waals surface area contributed by atoms with E-state index >= 15 is 0 Å². The Kier molecular flexibility index (Phi) is 8.74. The third kappa shape index (κ3) is 5.65. The van der Waals surface area contributed by atoms with Gasteiger partial charge in [0.2, 0.25) is 0 Å². The molecule has 5 heteroatoms. The molecule has 0 heterocycles. The summed E-state index contributed by atoms with van der Waals surface area (Å²) in [7, 11) is -3.61. The van der Waals surface area contributed by atoms with E-state index in [4.69, 9.17) is 0 Å². The first kappa shape index (κ1) is 33.0. The molecule has 0 aliphatic heterocycles. The lowest BCUT2D eigenvalue weighted by Crippen LogP contribution is -2.56. The van der Waals surface area contributed by atoms with Gasteiger partial charge in [0.1, 0.15) is 0 Å². The first-order chi connectivity index (χ1) is 20.6. The monoisotopic (exact) mass is 626 g/mol. The van der Waals surface area contributed by atoms with Gasteiger partial charge in [-0.15, -0.1) is 0 Å². The lowest BCUT2D eigenvalue weighted by atomic mass is 9.43. The van der Waals surface area contributed by atoms with Crippen LogP contribution in [0.5, 0.6) is 0 Å². The van der Waals surface area contributed by atoms with Gasteiger partial charge in [-0.25, -0.2) is 8.42 Å². The van der Waals surface area contributed by atoms with Gasteiger partial charge in [0.05, 0.1) is 21.3 Å². The van der Waals surface area contributed by atoms with Gasteiger partial charge in [-0.2, -0.15) is 0 Å². The van der Waals surface area contributed by atoms with Crippen molar-refractivity contribution >= 4 is 9.84 Å². The number of rotatable bonds is 7. The van der Waals surface area contributed by atoms with Crippen LogP contribution in [0.1, 0.15) is 131 Å². The summed E-state index contributed by atoms with van der Waals surface area (Å²) in [6, 6.07) is 9.10. The second kappa shape index (κ2) is 11.7. The van der Waals surface area contributed by atoms with Crippen molar-refractivity contribution in [2.75, 3.05) is 0 Å². The van der Waals surface area contributed by atoms with E-state index in [0.717, 1.165) is 50.4 Å². The normalized spacial score (nSPS) is 45.7. The molecule has 10 atom stereocenters. The largest absolute Gasteiger partial charge is 0.390 e. The van der Waals surface area contributed by atoms with Crippen LogP contribution < -0.4 is 0 Å². The third-order valence-corrected chi connectivity index (χ3v) is 17.5. The van der Waals surface area contributed by atoms with Gasteiger partial charge in [-0.05, 0) is 167 Å². The molecule has 5 fully saturated rings. The van der Waals surface area contributed by atoms with Gasteiger partial charge in [-0.1, -0.05) is 52.8 Å². The highest BCUT2D eigenvalue weighted by atomic mass is 32.2. The summed E-state index contributed by atoms with van der Waals surface area (Å²) in [5.41, 5.74) is -0.941. The van der Waals surface area contributed by atoms with E-state index in [0.29, 0.717) is 59.2 Å². The first-order valence-corrected chi connectivity index (χ1v) is 19.9. The fraction of sp³-hybridized carbons (Fsp3) is 0.846. The molecule has 2 N–H and O–H groups in total. The van der Waals surface area contributed by atoms with Gasteiger partial charge in [0.15, 0.2) is 9.84 Å². The molecule has 0 amide bonds. The van der Waals surface area contributed by atoms with Crippen molar-refractivity contribution in [3.8, 4) is 0 Å². The molecule has 5 saturated carbocycles. The summed E-state index contributed by atoms with van der Waals surface area (Å²) in [5.74, 6) is 4.29. The number of sulfone groups is 1. The van der Waals surface area contributed by atoms with Gasteiger partial charge in [0, 0.05) is 0 Å². The average Bonchev–Trinajstić information content (AvgIpc) is 3.34. The third-order valence-electron chi connectivity index (χ3n) is 15.2. The number of aliphatic hydroxyl groups is 2. The average molecular weight is 627 g/mol. The molecule has 0 bridgehead atoms. The van der Waals surface area contributed by atoms with Crippen LogP contribution in [0, 0.1) is 58.2 Å².